The summed E-state index contributed by atoms with van der Waals surface area (Å²) >= 11 is 0. The van der Waals surface area contributed by atoms with E-state index in [4.69, 9.17) is 10.5 Å². The van der Waals surface area contributed by atoms with Crippen molar-refractivity contribution in [2.45, 2.75) is 6.92 Å². The van der Waals surface area contributed by atoms with E-state index in [0.717, 1.165) is 22.2 Å². The van der Waals surface area contributed by atoms with E-state index in [1.165, 1.54) is 0 Å². The summed E-state index contributed by atoms with van der Waals surface area (Å²) in [6.07, 6.45) is 1.58. The number of hydrogen-bond donors (Lipinski definition) is 1. The third-order valence-corrected chi connectivity index (χ3v) is 3.50. The quantitative estimate of drug-likeness (QED) is 0.805. The minimum Gasteiger partial charge on any atom is -0.494 e. The highest BCUT2D eigenvalue weighted by molar-refractivity contribution is 5.99. The molecule has 2 heterocycles. The third-order valence-electron chi connectivity index (χ3n) is 3.50. The summed E-state index contributed by atoms with van der Waals surface area (Å²) in [5.74, 6) is 0.226. The van der Waals surface area contributed by atoms with E-state index in [-0.39, 0.29) is 0 Å². The first kappa shape index (κ1) is 14.0. The molecule has 5 heteroatoms. The number of hydrogen-bond acceptors (Lipinski definition) is 4. The van der Waals surface area contributed by atoms with Crippen LogP contribution in [0.3, 0.4) is 0 Å². The van der Waals surface area contributed by atoms with Crippen LogP contribution < -0.4 is 10.5 Å². The Labute approximate surface area is 127 Å². The number of rotatable bonds is 3. The predicted molar refractivity (Wildman–Crippen MR) is 84.8 cm³/mol. The summed E-state index contributed by atoms with van der Waals surface area (Å²) in [5, 5.41) is 0.916. The van der Waals surface area contributed by atoms with E-state index >= 15 is 0 Å². The molecule has 0 radical (unpaired) electrons. The fourth-order valence-corrected chi connectivity index (χ4v) is 2.41. The minimum absolute atomic E-state index is 0.425. The Kier molecular flexibility index (Phi) is 3.47. The van der Waals surface area contributed by atoms with Gasteiger partial charge < -0.3 is 10.5 Å². The van der Waals surface area contributed by atoms with Crippen molar-refractivity contribution >= 4 is 16.8 Å². The van der Waals surface area contributed by atoms with Crippen LogP contribution in [0.2, 0.25) is 0 Å². The number of fused-ring (bicyclic) bond motifs is 1. The zero-order valence-electron chi connectivity index (χ0n) is 12.3. The van der Waals surface area contributed by atoms with Crippen LogP contribution >= 0.6 is 0 Å². The molecule has 0 unspecified atom stereocenters. The number of pyridine rings is 2. The van der Waals surface area contributed by atoms with Gasteiger partial charge >= 0.3 is 0 Å². The summed E-state index contributed by atoms with van der Waals surface area (Å²) in [5.41, 5.74) is 9.00. The van der Waals surface area contributed by atoms with Crippen LogP contribution in [0.4, 0.5) is 0 Å². The number of carbonyl (C=O) groups is 1. The minimum atomic E-state index is -0.476. The predicted octanol–water partition coefficient (Wildman–Crippen LogP) is 2.71. The Balaban J connectivity index is 2.28. The number of methoxy groups -OCH3 is 1. The first-order chi connectivity index (χ1) is 10.6. The molecule has 0 atom stereocenters. The Morgan fingerprint density at radius 3 is 2.73 bits per heavy atom. The van der Waals surface area contributed by atoms with Crippen LogP contribution in [0.25, 0.3) is 22.2 Å². The van der Waals surface area contributed by atoms with Gasteiger partial charge in [-0.25, -0.2) is 4.98 Å². The normalized spacial score (nSPS) is 10.6. The van der Waals surface area contributed by atoms with Gasteiger partial charge in [0.15, 0.2) is 0 Å². The summed E-state index contributed by atoms with van der Waals surface area (Å²) in [4.78, 5) is 20.2. The molecule has 0 saturated carbocycles. The van der Waals surface area contributed by atoms with Gasteiger partial charge in [-0.3, -0.25) is 9.78 Å². The molecule has 22 heavy (non-hydrogen) atoms. The number of nitrogens with zero attached hydrogens (tertiary/aromatic N) is 2. The molecule has 1 aromatic carbocycles. The first-order valence-corrected chi connectivity index (χ1v) is 6.80. The molecule has 2 aromatic heterocycles. The lowest BCUT2D eigenvalue weighted by Crippen LogP contribution is -2.11. The second-order valence-corrected chi connectivity index (χ2v) is 4.96. The molecule has 0 aliphatic rings. The highest BCUT2D eigenvalue weighted by atomic mass is 16.5. The van der Waals surface area contributed by atoms with Gasteiger partial charge in [0.1, 0.15) is 11.3 Å². The van der Waals surface area contributed by atoms with Crippen molar-refractivity contribution in [2.24, 2.45) is 5.73 Å². The molecule has 1 amide bonds. The topological polar surface area (TPSA) is 78.1 Å². The Bertz CT molecular complexity index is 875. The fraction of sp³-hybridized carbons (Fsp3) is 0.118. The zero-order chi connectivity index (χ0) is 15.7. The second kappa shape index (κ2) is 5.44. The van der Waals surface area contributed by atoms with E-state index in [1.54, 1.807) is 25.4 Å². The summed E-state index contributed by atoms with van der Waals surface area (Å²) < 4.78 is 5.38. The van der Waals surface area contributed by atoms with E-state index in [1.807, 2.05) is 31.2 Å². The number of amides is 1. The van der Waals surface area contributed by atoms with Gasteiger partial charge in [-0.2, -0.15) is 0 Å². The number of carbonyl (C=O) groups excluding carboxylic acids is 1. The van der Waals surface area contributed by atoms with Crippen LogP contribution in [0.1, 0.15) is 16.1 Å². The maximum Gasteiger partial charge on any atom is 0.248 e. The lowest BCUT2D eigenvalue weighted by molar-refractivity contribution is 0.1000. The molecule has 2 N–H and O–H groups in total. The van der Waals surface area contributed by atoms with Gasteiger partial charge in [0.25, 0.3) is 0 Å². The number of benzene rings is 1. The fourth-order valence-electron chi connectivity index (χ4n) is 2.41. The summed E-state index contributed by atoms with van der Waals surface area (Å²) in [6, 6.07) is 11.0. The number of ether oxygens (including phenoxy) is 1. The van der Waals surface area contributed by atoms with Crippen molar-refractivity contribution in [1.82, 2.24) is 9.97 Å². The lowest BCUT2D eigenvalue weighted by Gasteiger charge is -2.10. The van der Waals surface area contributed by atoms with Crippen LogP contribution in [-0.4, -0.2) is 23.0 Å². The largest absolute Gasteiger partial charge is 0.494 e. The molecule has 3 aromatic rings. The Morgan fingerprint density at radius 1 is 1.18 bits per heavy atom. The van der Waals surface area contributed by atoms with E-state index in [9.17, 15) is 4.79 Å². The Morgan fingerprint density at radius 2 is 2.00 bits per heavy atom. The van der Waals surface area contributed by atoms with E-state index in [0.29, 0.717) is 17.0 Å². The molecular weight excluding hydrogens is 278 g/mol. The van der Waals surface area contributed by atoms with Gasteiger partial charge in [0, 0.05) is 28.4 Å². The molecule has 3 rings (SSSR count). The monoisotopic (exact) mass is 293 g/mol. The Hall–Kier alpha value is -2.95. The average Bonchev–Trinajstić information content (AvgIpc) is 2.53. The van der Waals surface area contributed by atoms with Gasteiger partial charge in [0.05, 0.1) is 12.8 Å². The number of primary amides is 1. The maximum atomic E-state index is 11.4. The van der Waals surface area contributed by atoms with Crippen molar-refractivity contribution in [3.63, 3.8) is 0 Å². The SMILES string of the molecule is COc1ccc(-c2cc(C(N)=O)ccn2)c2ccc(C)nc12. The van der Waals surface area contributed by atoms with E-state index in [2.05, 4.69) is 9.97 Å². The molecule has 0 bridgehead atoms. The molecule has 0 spiro atoms. The highest BCUT2D eigenvalue weighted by Gasteiger charge is 2.12. The second-order valence-electron chi connectivity index (χ2n) is 4.96. The third kappa shape index (κ3) is 2.37. The lowest BCUT2D eigenvalue weighted by atomic mass is 10.0. The molecule has 0 saturated heterocycles. The van der Waals surface area contributed by atoms with Crippen LogP contribution in [0.15, 0.2) is 42.6 Å². The first-order valence-electron chi connectivity index (χ1n) is 6.80. The summed E-state index contributed by atoms with van der Waals surface area (Å²) in [6.45, 7) is 1.93. The maximum absolute atomic E-state index is 11.4. The standard InChI is InChI=1S/C17H15N3O2/c1-10-3-4-13-12(5-6-15(22-2)16(13)20-10)14-9-11(17(18)21)7-8-19-14/h3-9H,1-2H3,(H2,18,21). The van der Waals surface area contributed by atoms with Gasteiger partial charge in [-0.05, 0) is 37.3 Å². The van der Waals surface area contributed by atoms with Crippen LogP contribution in [-0.2, 0) is 0 Å². The molecule has 0 aliphatic carbocycles. The molecular formula is C17H15N3O2. The summed E-state index contributed by atoms with van der Waals surface area (Å²) in [7, 11) is 1.62. The van der Waals surface area contributed by atoms with Crippen LogP contribution in [0.5, 0.6) is 5.75 Å². The molecule has 110 valence electrons. The zero-order valence-corrected chi connectivity index (χ0v) is 12.3. The highest BCUT2D eigenvalue weighted by Crippen LogP contribution is 2.32. The number of aromatic nitrogens is 2. The van der Waals surface area contributed by atoms with Gasteiger partial charge in [-0.15, -0.1) is 0 Å². The number of nitrogens with two attached hydrogens (primary N) is 1. The van der Waals surface area contributed by atoms with Gasteiger partial charge in [0.2, 0.25) is 5.91 Å². The molecule has 0 fully saturated rings. The smallest absolute Gasteiger partial charge is 0.248 e. The average molecular weight is 293 g/mol. The van der Waals surface area contributed by atoms with Crippen molar-refractivity contribution in [2.75, 3.05) is 7.11 Å². The van der Waals surface area contributed by atoms with Crippen molar-refractivity contribution in [3.8, 4) is 17.0 Å². The molecule has 5 nitrogen and oxygen atoms in total. The van der Waals surface area contributed by atoms with Crippen molar-refractivity contribution in [3.05, 3.63) is 53.9 Å². The van der Waals surface area contributed by atoms with E-state index < -0.39 is 5.91 Å². The van der Waals surface area contributed by atoms with Gasteiger partial charge in [-0.1, -0.05) is 6.07 Å². The number of aryl methyl sites for hydroxylation is 1. The van der Waals surface area contributed by atoms with Crippen LogP contribution in [0, 0.1) is 6.92 Å². The molecule has 0 aliphatic heterocycles. The van der Waals surface area contributed by atoms with Crippen molar-refractivity contribution in [1.29, 1.82) is 0 Å². The van der Waals surface area contributed by atoms with Crippen molar-refractivity contribution < 1.29 is 9.53 Å².